The largest absolute Gasteiger partial charge is 0.469 e. The van der Waals surface area contributed by atoms with E-state index in [4.69, 9.17) is 19.3 Å². The van der Waals surface area contributed by atoms with Crippen LogP contribution in [0.4, 0.5) is 0 Å². The van der Waals surface area contributed by atoms with Crippen molar-refractivity contribution in [2.24, 2.45) is 0 Å². The topological polar surface area (TPSA) is 119 Å². The summed E-state index contributed by atoms with van der Waals surface area (Å²) in [4.78, 5) is 42.6. The minimum absolute atomic E-state index is 0.191. The molecule has 0 saturated heterocycles. The maximum absolute atomic E-state index is 12.3. The van der Waals surface area contributed by atoms with Gasteiger partial charge in [-0.3, -0.25) is 14.1 Å². The van der Waals surface area contributed by atoms with Crippen LogP contribution in [0.15, 0.2) is 48.6 Å². The molecule has 0 heterocycles. The van der Waals surface area contributed by atoms with E-state index in [2.05, 4.69) is 67.0 Å². The molecule has 47 heavy (non-hydrogen) atoms. The van der Waals surface area contributed by atoms with Crippen molar-refractivity contribution < 1.29 is 37.9 Å². The zero-order valence-electron chi connectivity index (χ0n) is 29.7. The summed E-state index contributed by atoms with van der Waals surface area (Å²) in [7, 11) is -4.76. The molecule has 0 aliphatic heterocycles. The Balaban J connectivity index is 4.04. The maximum Gasteiger partial charge on any atom is 0.469 e. The lowest BCUT2D eigenvalue weighted by atomic mass is 10.1. The molecule has 0 saturated carbocycles. The number of ether oxygens (including phenoxy) is 2. The van der Waals surface area contributed by atoms with E-state index in [0.29, 0.717) is 12.8 Å². The molecule has 0 spiro atoms. The summed E-state index contributed by atoms with van der Waals surface area (Å²) in [6.07, 6.45) is 39.7. The lowest BCUT2D eigenvalue weighted by Gasteiger charge is -2.18. The molecule has 0 unspecified atom stereocenters. The molecule has 0 aliphatic carbocycles. The van der Waals surface area contributed by atoms with Crippen LogP contribution in [0.5, 0.6) is 0 Å². The fraction of sp³-hybridized carbons (Fsp3) is 0.737. The second kappa shape index (κ2) is 33.9. The summed E-state index contributed by atoms with van der Waals surface area (Å²) in [5.41, 5.74) is 0. The predicted molar refractivity (Wildman–Crippen MR) is 193 cm³/mol. The van der Waals surface area contributed by atoms with Gasteiger partial charge in [-0.05, 0) is 64.2 Å². The van der Waals surface area contributed by atoms with E-state index in [9.17, 15) is 14.2 Å². The van der Waals surface area contributed by atoms with Gasteiger partial charge in [0, 0.05) is 12.8 Å². The van der Waals surface area contributed by atoms with Crippen molar-refractivity contribution in [3.63, 3.8) is 0 Å². The minimum Gasteiger partial charge on any atom is -0.462 e. The van der Waals surface area contributed by atoms with Crippen LogP contribution in [0.2, 0.25) is 0 Å². The Labute approximate surface area is 286 Å². The van der Waals surface area contributed by atoms with Crippen LogP contribution < -0.4 is 0 Å². The highest BCUT2D eigenvalue weighted by atomic mass is 31.2. The third-order valence-corrected chi connectivity index (χ3v) is 8.08. The van der Waals surface area contributed by atoms with Crippen LogP contribution in [0.25, 0.3) is 0 Å². The molecule has 272 valence electrons. The van der Waals surface area contributed by atoms with Gasteiger partial charge in [-0.25, -0.2) is 4.57 Å². The molecule has 0 rings (SSSR count). The predicted octanol–water partition coefficient (Wildman–Crippen LogP) is 10.8. The molecule has 0 bridgehead atoms. The molecule has 8 nitrogen and oxygen atoms in total. The first-order valence-corrected chi connectivity index (χ1v) is 20.0. The Kier molecular flexibility index (Phi) is 32.5. The number of rotatable bonds is 33. The van der Waals surface area contributed by atoms with Gasteiger partial charge in [0.25, 0.3) is 0 Å². The molecule has 0 aromatic carbocycles. The van der Waals surface area contributed by atoms with Gasteiger partial charge >= 0.3 is 19.8 Å². The summed E-state index contributed by atoms with van der Waals surface area (Å²) in [5, 5.41) is 0. The quantitative estimate of drug-likeness (QED) is 0.0231. The van der Waals surface area contributed by atoms with Crippen LogP contribution >= 0.6 is 7.82 Å². The molecule has 0 amide bonds. The molecule has 0 aromatic rings. The summed E-state index contributed by atoms with van der Waals surface area (Å²) < 4.78 is 26.3. The number of esters is 2. The van der Waals surface area contributed by atoms with Crippen molar-refractivity contribution in [3.05, 3.63) is 48.6 Å². The minimum atomic E-state index is -4.76. The Morgan fingerprint density at radius 1 is 0.574 bits per heavy atom. The Bertz CT molecular complexity index is 905. The van der Waals surface area contributed by atoms with Gasteiger partial charge in [0.2, 0.25) is 0 Å². The van der Waals surface area contributed by atoms with Gasteiger partial charge in [-0.2, -0.15) is 0 Å². The third-order valence-electron chi connectivity index (χ3n) is 7.60. The van der Waals surface area contributed by atoms with Crippen LogP contribution in [-0.4, -0.2) is 41.0 Å². The van der Waals surface area contributed by atoms with Gasteiger partial charge in [-0.15, -0.1) is 0 Å². The maximum atomic E-state index is 12.3. The first-order chi connectivity index (χ1) is 22.8. The molecular weight excluding hydrogens is 615 g/mol. The number of hydrogen-bond donors (Lipinski definition) is 2. The van der Waals surface area contributed by atoms with Crippen LogP contribution in [0.3, 0.4) is 0 Å². The standard InChI is InChI=1S/C38H67O8P/c1-3-5-7-9-11-13-15-17-19-21-22-24-26-28-30-32-37(39)44-34-36(35-45-47(41,42)43)46-38(40)33-31-29-27-25-23-20-18-16-14-12-10-8-6-4-2/h10,12-13,15-19,36H,3-9,11,14,20-35H2,1-2H3,(H2,41,42,43)/b12-10+,15-13+,18-16+,19-17+/t36-/m1/s1. The van der Waals surface area contributed by atoms with Crippen molar-refractivity contribution in [1.82, 2.24) is 0 Å². The molecular formula is C38H67O8P. The number of carbonyl (C=O) groups excluding carboxylic acids is 2. The molecule has 0 fully saturated rings. The lowest BCUT2D eigenvalue weighted by Crippen LogP contribution is -2.29. The molecule has 0 radical (unpaired) electrons. The SMILES string of the molecule is CCCC/C=C/C/C=C/CCCCCCCC(=O)O[C@H](COC(=O)CCCCCCC/C=C/C=C/CCCCCC)COP(=O)(O)O. The number of hydrogen-bond acceptors (Lipinski definition) is 6. The molecule has 0 aromatic heterocycles. The fourth-order valence-corrected chi connectivity index (χ4v) is 5.15. The van der Waals surface area contributed by atoms with Crippen molar-refractivity contribution in [2.75, 3.05) is 13.2 Å². The van der Waals surface area contributed by atoms with Gasteiger partial charge < -0.3 is 19.3 Å². The summed E-state index contributed by atoms with van der Waals surface area (Å²) in [5.74, 6) is -0.923. The first-order valence-electron chi connectivity index (χ1n) is 18.4. The molecule has 0 aliphatic rings. The average molecular weight is 683 g/mol. The highest BCUT2D eigenvalue weighted by Gasteiger charge is 2.22. The fourth-order valence-electron chi connectivity index (χ4n) is 4.79. The van der Waals surface area contributed by atoms with E-state index >= 15 is 0 Å². The number of allylic oxidation sites excluding steroid dienone is 8. The van der Waals surface area contributed by atoms with Crippen molar-refractivity contribution >= 4 is 19.8 Å². The highest BCUT2D eigenvalue weighted by Crippen LogP contribution is 2.36. The van der Waals surface area contributed by atoms with Crippen molar-refractivity contribution in [1.29, 1.82) is 0 Å². The Hall–Kier alpha value is -1.99. The number of phosphoric acid groups is 1. The third kappa shape index (κ3) is 36.7. The zero-order valence-corrected chi connectivity index (χ0v) is 30.6. The van der Waals surface area contributed by atoms with E-state index in [-0.39, 0.29) is 19.4 Å². The molecule has 1 atom stereocenters. The Morgan fingerprint density at radius 3 is 1.60 bits per heavy atom. The number of unbranched alkanes of at least 4 members (excludes halogenated alkanes) is 16. The van der Waals surface area contributed by atoms with Crippen LogP contribution in [0, 0.1) is 0 Å². The van der Waals surface area contributed by atoms with Gasteiger partial charge in [-0.1, -0.05) is 133 Å². The summed E-state index contributed by atoms with van der Waals surface area (Å²) in [6.45, 7) is 3.58. The Morgan fingerprint density at radius 2 is 1.04 bits per heavy atom. The molecule has 9 heteroatoms. The molecule has 2 N–H and O–H groups in total. The van der Waals surface area contributed by atoms with E-state index in [1.807, 2.05) is 0 Å². The van der Waals surface area contributed by atoms with Crippen molar-refractivity contribution in [3.8, 4) is 0 Å². The van der Waals surface area contributed by atoms with Crippen LogP contribution in [0.1, 0.15) is 162 Å². The summed E-state index contributed by atoms with van der Waals surface area (Å²) >= 11 is 0. The zero-order chi connectivity index (χ0) is 34.7. The van der Waals surface area contributed by atoms with Gasteiger partial charge in [0.05, 0.1) is 6.61 Å². The normalized spacial score (nSPS) is 13.0. The van der Waals surface area contributed by atoms with Crippen LogP contribution in [-0.2, 0) is 28.2 Å². The number of carbonyl (C=O) groups is 2. The van der Waals surface area contributed by atoms with E-state index < -0.39 is 32.5 Å². The number of phosphoric ester groups is 1. The van der Waals surface area contributed by atoms with Gasteiger partial charge in [0.15, 0.2) is 6.10 Å². The second-order valence-corrected chi connectivity index (χ2v) is 13.5. The van der Waals surface area contributed by atoms with E-state index in [1.165, 1.54) is 38.5 Å². The lowest BCUT2D eigenvalue weighted by molar-refractivity contribution is -0.161. The van der Waals surface area contributed by atoms with E-state index in [0.717, 1.165) is 83.5 Å². The van der Waals surface area contributed by atoms with Crippen molar-refractivity contribution in [2.45, 2.75) is 168 Å². The van der Waals surface area contributed by atoms with E-state index in [1.54, 1.807) is 0 Å². The summed E-state index contributed by atoms with van der Waals surface area (Å²) in [6, 6.07) is 0. The first kappa shape index (κ1) is 45.0. The average Bonchev–Trinajstić information content (AvgIpc) is 3.03. The highest BCUT2D eigenvalue weighted by molar-refractivity contribution is 7.46. The monoisotopic (exact) mass is 682 g/mol. The van der Waals surface area contributed by atoms with Gasteiger partial charge in [0.1, 0.15) is 6.61 Å². The smallest absolute Gasteiger partial charge is 0.462 e. The second-order valence-electron chi connectivity index (χ2n) is 12.2.